The van der Waals surface area contributed by atoms with Crippen LogP contribution in [-0.4, -0.2) is 132 Å². The minimum Gasteiger partial charge on any atom is -0.825 e. The second-order valence-electron chi connectivity index (χ2n) is 3.27. The summed E-state index contributed by atoms with van der Waals surface area (Å²) in [5.74, 6) is 0. The Balaban J connectivity index is -0.0000000356. The van der Waals surface area contributed by atoms with Gasteiger partial charge in [-0.2, -0.15) is 0 Å². The molecule has 0 aromatic rings. The number of hydrogen-bond acceptors (Lipinski definition) is 18. The van der Waals surface area contributed by atoms with E-state index in [1.807, 2.05) is 0 Å². The van der Waals surface area contributed by atoms with Crippen LogP contribution in [0.25, 0.3) is 0 Å². The molecular formula is H16CsF6KO18Si6. The fourth-order valence-electron chi connectivity index (χ4n) is 0. The van der Waals surface area contributed by atoms with Gasteiger partial charge < -0.3 is 90.4 Å². The van der Waals surface area contributed by atoms with E-state index in [9.17, 15) is 24.6 Å². The van der Waals surface area contributed by atoms with Gasteiger partial charge in [-0.25, -0.2) is 20.5 Å². The van der Waals surface area contributed by atoms with E-state index in [-0.39, 0.29) is 120 Å². The van der Waals surface area contributed by atoms with E-state index in [0.29, 0.717) is 0 Å². The van der Waals surface area contributed by atoms with E-state index in [1.165, 1.54) is 0 Å². The van der Waals surface area contributed by atoms with Crippen LogP contribution in [0.3, 0.4) is 0 Å². The van der Waals surface area contributed by atoms with E-state index in [4.69, 9.17) is 86.3 Å². The van der Waals surface area contributed by atoms with Gasteiger partial charge in [-0.1, -0.05) is 0 Å². The minimum absolute atomic E-state index is 0. The van der Waals surface area contributed by atoms with Crippen molar-refractivity contribution in [2.24, 2.45) is 0 Å². The summed E-state index contributed by atoms with van der Waals surface area (Å²) in [5.41, 5.74) is 0. The molecule has 18 nitrogen and oxygen atoms in total. The van der Waals surface area contributed by atoms with Crippen LogP contribution in [0.5, 0.6) is 0 Å². The molecule has 0 unspecified atom stereocenters. The van der Waals surface area contributed by atoms with Crippen LogP contribution < -0.4 is 130 Å². The van der Waals surface area contributed by atoms with Crippen LogP contribution in [0.2, 0.25) is 0 Å². The van der Waals surface area contributed by atoms with Crippen LogP contribution in [0.4, 0.5) is 24.6 Å². The predicted molar refractivity (Wildman–Crippen MR) is 76.7 cm³/mol. The molecule has 0 bridgehead atoms. The third kappa shape index (κ3) is 2460. The Kier molecular flexibility index (Phi) is 44.1. The molecule has 0 amide bonds. The maximum atomic E-state index is 10.5. The average molecular weight is 759 g/mol. The molecule has 16 N–H and O–H groups in total. The molecule has 0 rings (SSSR count). The van der Waals surface area contributed by atoms with Crippen molar-refractivity contribution in [2.75, 3.05) is 0 Å². The second kappa shape index (κ2) is 25.1. The zero-order valence-electron chi connectivity index (χ0n) is 15.2. The van der Waals surface area contributed by atoms with Gasteiger partial charge in [-0.15, -0.1) is 0 Å². The summed E-state index contributed by atoms with van der Waals surface area (Å²) in [6.07, 6.45) is 0. The summed E-state index contributed by atoms with van der Waals surface area (Å²) in [4.78, 5) is 131. The third-order valence-electron chi connectivity index (χ3n) is 0. The fourth-order valence-corrected chi connectivity index (χ4v) is 0. The summed E-state index contributed by atoms with van der Waals surface area (Å²) in [6, 6.07) is 0. The zero-order chi connectivity index (χ0) is 27.0. The van der Waals surface area contributed by atoms with Gasteiger partial charge in [0, 0.05) is 0 Å². The Bertz CT molecular complexity index is 240. The molecule has 0 spiro atoms. The molecule has 192 valence electrons. The molecule has 0 saturated carbocycles. The summed E-state index contributed by atoms with van der Waals surface area (Å²) >= 11 is 0. The van der Waals surface area contributed by atoms with Crippen molar-refractivity contribution >= 4 is 54.8 Å². The van der Waals surface area contributed by atoms with Crippen molar-refractivity contribution in [1.82, 2.24) is 0 Å². The van der Waals surface area contributed by atoms with Crippen LogP contribution >= 0.6 is 0 Å². The molecule has 0 atom stereocenters. The van der Waals surface area contributed by atoms with Gasteiger partial charge in [0.2, 0.25) is 9.14 Å². The van der Waals surface area contributed by atoms with Gasteiger partial charge >= 0.3 is 166 Å². The van der Waals surface area contributed by atoms with Crippen molar-refractivity contribution < 1.29 is 231 Å². The normalized spacial score (nSPS) is 11.2. The van der Waals surface area contributed by atoms with Crippen molar-refractivity contribution in [2.45, 2.75) is 0 Å². The van der Waals surface area contributed by atoms with Gasteiger partial charge in [0.05, 0.1) is 0 Å². The molecule has 0 radical (unpaired) electrons. The number of rotatable bonds is 0. The molecule has 32 heteroatoms. The largest absolute Gasteiger partial charge is 1.00 e. The molecule has 0 aliphatic heterocycles. The summed E-state index contributed by atoms with van der Waals surface area (Å²) in [6.45, 7) is 0. The molecule has 0 heterocycles. The number of hydrogen-bond donors (Lipinski definition) is 16. The molecule has 0 aromatic carbocycles. The van der Waals surface area contributed by atoms with E-state index in [0.717, 1.165) is 0 Å². The van der Waals surface area contributed by atoms with Gasteiger partial charge in [-0.3, -0.25) is 0 Å². The quantitative estimate of drug-likeness (QED) is 0.0619. The molecule has 0 aliphatic carbocycles. The summed E-state index contributed by atoms with van der Waals surface area (Å²) in [7, 11) is -31.2. The summed E-state index contributed by atoms with van der Waals surface area (Å²) in [5, 5.41) is 0. The van der Waals surface area contributed by atoms with Gasteiger partial charge in [-0.05, 0) is 0 Å². The third-order valence-corrected chi connectivity index (χ3v) is 0. The Hall–Kier alpha value is 3.85. The Labute approximate surface area is 280 Å². The minimum atomic E-state index is -5.61. The summed E-state index contributed by atoms with van der Waals surface area (Å²) < 4.78 is 62.7. The van der Waals surface area contributed by atoms with Crippen molar-refractivity contribution in [3.05, 3.63) is 0 Å². The topological polar surface area (TPSA) is 370 Å². The average Bonchev–Trinajstić information content (AvgIpc) is 1.94. The Morgan fingerprint density at radius 2 is 0.344 bits per heavy atom. The molecule has 32 heavy (non-hydrogen) atoms. The molecule has 0 aromatic heterocycles. The standard InChI is InChI=1S/Cs.5FH3O3Si.FHO3Si.K/c;6*1-5(2,3)4;/h;5*2-4H;2H;/q+1;;;;;;-2;+1. The van der Waals surface area contributed by atoms with E-state index >= 15 is 0 Å². The molecular weight excluding hydrogens is 742 g/mol. The SMILES string of the molecule is O[Si](O)(O)F.O[Si](O)(O)F.O[Si](O)(O)F.O[Si](O)(O)F.O[Si](O)(O)F.[Cs+].[K+].[O-][Si]([O-])(O)F. The molecule has 0 fully saturated rings. The maximum absolute atomic E-state index is 10.5. The van der Waals surface area contributed by atoms with Gasteiger partial charge in [0.15, 0.2) is 0 Å². The maximum Gasteiger partial charge on any atom is 1.00 e. The first-order valence-electron chi connectivity index (χ1n) is 5.12. The first-order chi connectivity index (χ1) is 12.0. The molecule has 0 aliphatic rings. The number of halogens is 6. The van der Waals surface area contributed by atoms with Crippen LogP contribution in [0, 0.1) is 0 Å². The monoisotopic (exact) mass is 758 g/mol. The van der Waals surface area contributed by atoms with Crippen molar-refractivity contribution in [1.29, 1.82) is 0 Å². The smallest absolute Gasteiger partial charge is 0.825 e. The van der Waals surface area contributed by atoms with Crippen LogP contribution in [0.1, 0.15) is 0 Å². The fraction of sp³-hybridized carbons (Fsp3) is 0. The van der Waals surface area contributed by atoms with Crippen molar-refractivity contribution in [3.8, 4) is 0 Å². The first-order valence-corrected chi connectivity index (χ1v) is 15.4. The second-order valence-corrected chi connectivity index (χ2v) is 9.82. The van der Waals surface area contributed by atoms with Crippen LogP contribution in [-0.2, 0) is 0 Å². The predicted octanol–water partition coefficient (Wildman–Crippen LogP) is -17.0. The van der Waals surface area contributed by atoms with E-state index in [1.54, 1.807) is 0 Å². The van der Waals surface area contributed by atoms with Gasteiger partial charge in [0.1, 0.15) is 0 Å². The van der Waals surface area contributed by atoms with E-state index in [2.05, 4.69) is 0 Å². The van der Waals surface area contributed by atoms with Gasteiger partial charge in [0.25, 0.3) is 0 Å². The first kappa shape index (κ1) is 56.1. The Morgan fingerprint density at radius 1 is 0.344 bits per heavy atom. The van der Waals surface area contributed by atoms with Crippen LogP contribution in [0.15, 0.2) is 0 Å². The molecule has 0 saturated heterocycles. The van der Waals surface area contributed by atoms with Crippen molar-refractivity contribution in [3.63, 3.8) is 0 Å². The zero-order valence-corrected chi connectivity index (χ0v) is 30.6. The Morgan fingerprint density at radius 3 is 0.344 bits per heavy atom. The van der Waals surface area contributed by atoms with E-state index < -0.39 is 54.8 Å².